The van der Waals surface area contributed by atoms with E-state index < -0.39 is 71.6 Å². The number of ether oxygens (including phenoxy) is 5. The zero-order chi connectivity index (χ0) is 106. The monoisotopic (exact) mass is 2080 g/mol. The highest BCUT2D eigenvalue weighted by atomic mass is 35.5. The normalized spacial score (nSPS) is 16.5. The van der Waals surface area contributed by atoms with E-state index in [1.807, 2.05) is 141 Å². The third kappa shape index (κ3) is 33.5. The second-order valence-corrected chi connectivity index (χ2v) is 37.2. The van der Waals surface area contributed by atoms with Crippen molar-refractivity contribution in [3.05, 3.63) is 448 Å². The first-order valence-electron chi connectivity index (χ1n) is 49.6. The summed E-state index contributed by atoms with van der Waals surface area (Å²) in [7, 11) is 0. The van der Waals surface area contributed by atoms with Gasteiger partial charge in [-0.05, 0) is 253 Å². The van der Waals surface area contributed by atoms with Crippen molar-refractivity contribution in [2.75, 3.05) is 85.4 Å². The molecule has 15 aromatic rings. The summed E-state index contributed by atoms with van der Waals surface area (Å²) in [6.45, 7) is 8.73. The van der Waals surface area contributed by atoms with Crippen molar-refractivity contribution in [2.45, 2.75) is 127 Å². The first-order valence-corrected chi connectivity index (χ1v) is 50.1. The van der Waals surface area contributed by atoms with Crippen LogP contribution in [0.3, 0.4) is 0 Å². The fourth-order valence-electron chi connectivity index (χ4n) is 16.8. The summed E-state index contributed by atoms with van der Waals surface area (Å²) in [5.74, 6) is 2.36. The maximum Gasteiger partial charge on any atom is 0.416 e. The Labute approximate surface area is 866 Å². The van der Waals surface area contributed by atoms with Gasteiger partial charge in [-0.15, -0.1) is 22.7 Å². The largest absolute Gasteiger partial charge is 0.494 e. The Hall–Kier alpha value is -12.6. The molecule has 32 heteroatoms. The molecule has 0 spiro atoms. The predicted molar refractivity (Wildman–Crippen MR) is 548 cm³/mol. The van der Waals surface area contributed by atoms with Crippen LogP contribution >= 0.6 is 45.9 Å². The van der Waals surface area contributed by atoms with Crippen molar-refractivity contribution < 1.29 is 87.0 Å². The smallest absolute Gasteiger partial charge is 0.416 e. The summed E-state index contributed by atoms with van der Waals surface area (Å²) in [5.41, 5.74) is 13.1. The zero-order valence-corrected chi connectivity index (χ0v) is 83.0. The van der Waals surface area contributed by atoms with E-state index in [2.05, 4.69) is 87.0 Å². The van der Waals surface area contributed by atoms with Crippen molar-refractivity contribution in [3.8, 4) is 28.7 Å². The Morgan fingerprint density at radius 2 is 0.788 bits per heavy atom. The maximum absolute atomic E-state index is 12.7. The van der Waals surface area contributed by atoms with Gasteiger partial charge in [0.2, 0.25) is 0 Å². The van der Waals surface area contributed by atoms with Crippen LogP contribution in [0.1, 0.15) is 148 Å². The first kappa shape index (κ1) is 103. The van der Waals surface area contributed by atoms with E-state index in [1.54, 1.807) is 76.4 Å². The number of rotatable bonds is 36. The number of alkyl halides is 12. The van der Waals surface area contributed by atoms with Gasteiger partial charge >= 0.3 is 24.7 Å². The molecule has 0 saturated carbocycles. The van der Waals surface area contributed by atoms with E-state index in [4.69, 9.17) is 49.6 Å². The average molecular weight is 2090 g/mol. The number of aryl methyl sites for hydroxylation is 1. The Balaban J connectivity index is 0.000000148. The number of halogens is 14. The van der Waals surface area contributed by atoms with Crippen LogP contribution in [0.25, 0.3) is 0 Å². The summed E-state index contributed by atoms with van der Waals surface area (Å²) in [6.07, 6.45) is 1.08. The van der Waals surface area contributed by atoms with Crippen molar-refractivity contribution in [3.63, 3.8) is 0 Å². The standard InChI is InChI=1S/2C24H23F3N2O.C23H25ClN2O2.C22H21F3N2OS.C21H20ClF3N2OS/c2*25-24(26,27)20-8-10-21(11-9-20)30-16-4-14-29-15-12-18-5-1-2-7-22(18)23(29)19-6-3-13-28-17-19;1-18-8-10-22(11-9-18)28-17-21(27)16-26(14-19-5-4-12-25-13-19)15-20-6-2-3-7-23(20)24;23-22(24,25)17-6-8-18(9-7-17)28-13-3-11-27-12-10-16-4-1-2-5-19(16)21(27)20-14-26-15-29-20;22-20-5-2-1-4-16(20)13-27(14-19-12-26-15-29-19)10-3-11-28-18-8-6-17(7-9-18)21(23,24)25/h2*1-3,5-11,13,17,23H,4,12,14-16H2;2-13,21,27H,14-17H2,1H3;1-2,4-9,14-15,21H,3,10-13H2;1-2,4-9,12,15H,3,10-11,13-14H2/i23D;;14D2;21D;. The fraction of sp³-hybridized carbons (Fsp3) is 0.289. The number of thiazole rings is 2. The van der Waals surface area contributed by atoms with Gasteiger partial charge in [0.25, 0.3) is 0 Å². The molecule has 3 aliphatic heterocycles. The highest BCUT2D eigenvalue weighted by Gasteiger charge is 2.36. The molecule has 0 aliphatic carbocycles. The molecule has 3 aliphatic rings. The van der Waals surface area contributed by atoms with E-state index in [-0.39, 0.29) is 25.7 Å². The predicted octanol–water partition coefficient (Wildman–Crippen LogP) is 27.4. The van der Waals surface area contributed by atoms with Gasteiger partial charge in [-0.3, -0.25) is 49.4 Å². The number of pyridine rings is 3. The second-order valence-electron chi connectivity index (χ2n) is 34.5. The molecular formula is C114H112Cl2F12N10O6S2. The average Bonchev–Trinajstić information content (AvgIpc) is 1.17. The van der Waals surface area contributed by atoms with Crippen LogP contribution in [0.4, 0.5) is 52.7 Å². The molecule has 4 unspecified atom stereocenters. The molecule has 5 aromatic heterocycles. The van der Waals surface area contributed by atoms with Gasteiger partial charge in [-0.25, -0.2) is 0 Å². The minimum absolute atomic E-state index is 0.0468. The zero-order valence-electron chi connectivity index (χ0n) is 83.8. The molecule has 18 rings (SSSR count). The second kappa shape index (κ2) is 54.2. The number of hydrogen-bond acceptors (Lipinski definition) is 18. The third-order valence-corrected chi connectivity index (χ3v) is 26.3. The topological polar surface area (TPSA) is 147 Å². The van der Waals surface area contributed by atoms with Crippen LogP contribution in [0.5, 0.6) is 28.7 Å². The van der Waals surface area contributed by atoms with Gasteiger partial charge in [0.15, 0.2) is 0 Å². The van der Waals surface area contributed by atoms with Crippen LogP contribution in [-0.4, -0.2) is 146 Å². The van der Waals surface area contributed by atoms with Gasteiger partial charge in [-0.2, -0.15) is 52.7 Å². The molecule has 0 fully saturated rings. The Kier molecular flexibility index (Phi) is 38.4. The van der Waals surface area contributed by atoms with Gasteiger partial charge in [0, 0.05) is 151 Å². The molecular weight excluding hydrogens is 1970 g/mol. The summed E-state index contributed by atoms with van der Waals surface area (Å²) in [5, 5.41) is 11.9. The fourth-order valence-corrected chi connectivity index (χ4v) is 18.6. The maximum atomic E-state index is 12.7. The number of aromatic nitrogens is 5. The molecule has 0 amide bonds. The lowest BCUT2D eigenvalue weighted by atomic mass is 9.89. The molecule has 1 N–H and O–H groups in total. The molecule has 764 valence electrons. The van der Waals surface area contributed by atoms with Crippen LogP contribution < -0.4 is 23.7 Å². The van der Waals surface area contributed by atoms with E-state index >= 15 is 0 Å². The van der Waals surface area contributed by atoms with E-state index in [0.29, 0.717) is 98.2 Å². The molecule has 0 saturated heterocycles. The number of benzene rings is 10. The lowest BCUT2D eigenvalue weighted by Gasteiger charge is -2.37. The Bertz CT molecular complexity index is 6630. The number of hydrogen-bond donors (Lipinski definition) is 1. The molecule has 10 aromatic carbocycles. The highest BCUT2D eigenvalue weighted by Crippen LogP contribution is 2.42. The first-order chi connectivity index (χ1) is 72.1. The van der Waals surface area contributed by atoms with Crippen LogP contribution in [0, 0.1) is 6.92 Å². The highest BCUT2D eigenvalue weighted by molar-refractivity contribution is 7.09. The van der Waals surface area contributed by atoms with Crippen LogP contribution in [0.2, 0.25) is 10.0 Å². The van der Waals surface area contributed by atoms with Crippen molar-refractivity contribution in [1.82, 2.24) is 49.4 Å². The van der Waals surface area contributed by atoms with Crippen LogP contribution in [0.15, 0.2) is 340 Å². The van der Waals surface area contributed by atoms with E-state index in [1.165, 1.54) is 88.3 Å². The molecule has 0 radical (unpaired) electrons. The minimum atomic E-state index is -4.35. The summed E-state index contributed by atoms with van der Waals surface area (Å²) >= 11 is 15.7. The number of fused-ring (bicyclic) bond motifs is 3. The lowest BCUT2D eigenvalue weighted by molar-refractivity contribution is -0.138. The third-order valence-electron chi connectivity index (χ3n) is 24.0. The number of aliphatic hydroxyl groups is 1. The van der Waals surface area contributed by atoms with E-state index in [0.717, 1.165) is 174 Å². The number of aliphatic hydroxyl groups excluding tert-OH is 1. The van der Waals surface area contributed by atoms with Crippen molar-refractivity contribution in [1.29, 1.82) is 0 Å². The van der Waals surface area contributed by atoms with Gasteiger partial charge < -0.3 is 28.8 Å². The van der Waals surface area contributed by atoms with E-state index in [9.17, 15) is 60.5 Å². The quantitative estimate of drug-likeness (QED) is 0.0293. The van der Waals surface area contributed by atoms with Gasteiger partial charge in [0.05, 0.1) is 80.5 Å². The molecule has 8 heterocycles. The molecule has 146 heavy (non-hydrogen) atoms. The Morgan fingerprint density at radius 3 is 1.23 bits per heavy atom. The van der Waals surface area contributed by atoms with Crippen LogP contribution in [-0.2, 0) is 70.1 Å². The van der Waals surface area contributed by atoms with Gasteiger partial charge in [-0.1, -0.05) is 168 Å². The molecule has 16 nitrogen and oxygen atoms in total. The number of nitrogens with zero attached hydrogens (tertiary/aromatic N) is 10. The molecule has 0 bridgehead atoms. The molecule has 4 atom stereocenters. The minimum Gasteiger partial charge on any atom is -0.494 e. The summed E-state index contributed by atoms with van der Waals surface area (Å²) in [6, 6.07) is 75.5. The summed E-state index contributed by atoms with van der Waals surface area (Å²) < 4.78 is 216. The van der Waals surface area contributed by atoms with Crippen molar-refractivity contribution >= 4 is 45.9 Å². The Morgan fingerprint density at radius 1 is 0.397 bits per heavy atom. The van der Waals surface area contributed by atoms with Gasteiger partial charge in [0.1, 0.15) is 41.5 Å². The SMILES string of the molecule is FC(F)(F)c1ccc(OCCCN(Cc2cncs2)Cc2ccccc2Cl)cc1.FC(F)(F)c1ccc(OCCCN2CCc3ccccc3C2c2cccnc2)cc1.[2H]C([2H])(c1cccnc1)N(Cc1ccccc1Cl)CC(O)COc1ccc(C)cc1.[2H]C1(c2cccnc2)c2ccccc2CCN1CCCOc1ccc(C(F)(F)F)cc1.[2H]C1(c2cncs2)c2ccccc2CCN1CCCOc1ccc(C(F)(F)F)cc1. The van der Waals surface area contributed by atoms with Crippen molar-refractivity contribution in [2.24, 2.45) is 0 Å². The lowest BCUT2D eigenvalue weighted by Crippen LogP contribution is -2.37. The summed E-state index contributed by atoms with van der Waals surface area (Å²) in [4.78, 5) is 33.4.